The van der Waals surface area contributed by atoms with Crippen LogP contribution in [0.1, 0.15) is 11.1 Å². The van der Waals surface area contributed by atoms with Crippen molar-refractivity contribution in [1.29, 1.82) is 0 Å². The van der Waals surface area contributed by atoms with Crippen molar-refractivity contribution in [3.8, 4) is 0 Å². The summed E-state index contributed by atoms with van der Waals surface area (Å²) in [4.78, 5) is 4.17. The van der Waals surface area contributed by atoms with Crippen LogP contribution in [0.3, 0.4) is 0 Å². The second-order valence-corrected chi connectivity index (χ2v) is 5.29. The Kier molecular flexibility index (Phi) is 6.22. The van der Waals surface area contributed by atoms with E-state index >= 15 is 0 Å². The average Bonchev–Trinajstić information content (AvgIpc) is 2.54. The molecule has 0 aromatic heterocycles. The number of nitrogens with one attached hydrogen (secondary N) is 2. The van der Waals surface area contributed by atoms with Crippen molar-refractivity contribution in [1.82, 2.24) is 10.6 Å². The van der Waals surface area contributed by atoms with Crippen LogP contribution in [0.25, 0.3) is 0 Å². The van der Waals surface area contributed by atoms with Crippen molar-refractivity contribution >= 4 is 17.6 Å². The molecule has 0 spiro atoms. The zero-order valence-electron chi connectivity index (χ0n) is 12.4. The maximum absolute atomic E-state index is 12.8. The van der Waals surface area contributed by atoms with E-state index in [1.807, 2.05) is 24.3 Å². The molecule has 22 heavy (non-hydrogen) atoms. The highest BCUT2D eigenvalue weighted by molar-refractivity contribution is 6.30. The molecule has 0 amide bonds. The molecule has 0 aliphatic heterocycles. The first-order valence-corrected chi connectivity index (χ1v) is 7.48. The molecule has 0 heterocycles. The summed E-state index contributed by atoms with van der Waals surface area (Å²) in [7, 11) is 1.72. The summed E-state index contributed by atoms with van der Waals surface area (Å²) in [5.74, 6) is 0.493. The highest BCUT2D eigenvalue weighted by Crippen LogP contribution is 2.09. The molecule has 0 saturated carbocycles. The van der Waals surface area contributed by atoms with Gasteiger partial charge >= 0.3 is 0 Å². The fourth-order valence-electron chi connectivity index (χ4n) is 1.98. The van der Waals surface area contributed by atoms with Gasteiger partial charge in [0, 0.05) is 25.2 Å². The van der Waals surface area contributed by atoms with Crippen LogP contribution >= 0.6 is 11.6 Å². The van der Waals surface area contributed by atoms with E-state index in [9.17, 15) is 4.39 Å². The van der Waals surface area contributed by atoms with Gasteiger partial charge in [-0.25, -0.2) is 4.39 Å². The lowest BCUT2D eigenvalue weighted by molar-refractivity contribution is 0.626. The second-order valence-electron chi connectivity index (χ2n) is 4.86. The van der Waals surface area contributed by atoms with E-state index < -0.39 is 0 Å². The van der Waals surface area contributed by atoms with E-state index in [0.29, 0.717) is 6.54 Å². The molecule has 0 radical (unpaired) electrons. The molecule has 5 heteroatoms. The van der Waals surface area contributed by atoms with Gasteiger partial charge in [0.05, 0.1) is 0 Å². The van der Waals surface area contributed by atoms with Crippen molar-refractivity contribution < 1.29 is 4.39 Å². The predicted octanol–water partition coefficient (Wildman–Crippen LogP) is 3.39. The van der Waals surface area contributed by atoms with Crippen molar-refractivity contribution in [2.75, 3.05) is 13.6 Å². The van der Waals surface area contributed by atoms with Crippen LogP contribution in [0.15, 0.2) is 53.5 Å². The Morgan fingerprint density at radius 1 is 1.00 bits per heavy atom. The van der Waals surface area contributed by atoms with E-state index in [1.165, 1.54) is 17.7 Å². The topological polar surface area (TPSA) is 36.4 Å². The SMILES string of the molecule is CN=C(NCCc1ccc(Cl)cc1)NCc1ccc(F)cc1. The third kappa shape index (κ3) is 5.37. The second kappa shape index (κ2) is 8.39. The zero-order valence-corrected chi connectivity index (χ0v) is 13.2. The van der Waals surface area contributed by atoms with Gasteiger partial charge in [0.2, 0.25) is 0 Å². The van der Waals surface area contributed by atoms with Gasteiger partial charge in [-0.1, -0.05) is 35.9 Å². The number of guanidine groups is 1. The Balaban J connectivity index is 1.75. The smallest absolute Gasteiger partial charge is 0.191 e. The van der Waals surface area contributed by atoms with Crippen LogP contribution in [0, 0.1) is 5.82 Å². The summed E-state index contributed by atoms with van der Waals surface area (Å²) < 4.78 is 12.8. The van der Waals surface area contributed by atoms with Crippen molar-refractivity contribution in [2.45, 2.75) is 13.0 Å². The highest BCUT2D eigenvalue weighted by Gasteiger charge is 1.99. The molecule has 2 aromatic carbocycles. The molecular formula is C17H19ClFN3. The molecule has 2 aromatic rings. The fraction of sp³-hybridized carbons (Fsp3) is 0.235. The van der Waals surface area contributed by atoms with Gasteiger partial charge in [0.15, 0.2) is 5.96 Å². The highest BCUT2D eigenvalue weighted by atomic mass is 35.5. The number of nitrogens with zero attached hydrogens (tertiary/aromatic N) is 1. The van der Waals surface area contributed by atoms with E-state index in [1.54, 1.807) is 19.2 Å². The largest absolute Gasteiger partial charge is 0.356 e. The maximum atomic E-state index is 12.8. The molecule has 0 saturated heterocycles. The molecule has 2 rings (SSSR count). The number of aliphatic imine (C=N–C) groups is 1. The maximum Gasteiger partial charge on any atom is 0.191 e. The summed E-state index contributed by atoms with van der Waals surface area (Å²) in [6.07, 6.45) is 0.883. The first kappa shape index (κ1) is 16.3. The standard InChI is InChI=1S/C17H19ClFN3/c1-20-17(22-12-14-4-8-16(19)9-5-14)21-11-10-13-2-6-15(18)7-3-13/h2-9H,10-12H2,1H3,(H2,20,21,22). The molecule has 0 aliphatic carbocycles. The first-order valence-electron chi connectivity index (χ1n) is 7.11. The Morgan fingerprint density at radius 2 is 1.64 bits per heavy atom. The average molecular weight is 320 g/mol. The van der Waals surface area contributed by atoms with Gasteiger partial charge < -0.3 is 10.6 Å². The number of hydrogen-bond acceptors (Lipinski definition) is 1. The number of halogens is 2. The summed E-state index contributed by atoms with van der Waals surface area (Å²) >= 11 is 5.86. The Hall–Kier alpha value is -2.07. The predicted molar refractivity (Wildman–Crippen MR) is 89.8 cm³/mol. The van der Waals surface area contributed by atoms with Crippen LogP contribution in [-0.4, -0.2) is 19.6 Å². The fourth-order valence-corrected chi connectivity index (χ4v) is 2.11. The van der Waals surface area contributed by atoms with Crippen LogP contribution in [0.2, 0.25) is 5.02 Å². The van der Waals surface area contributed by atoms with E-state index in [4.69, 9.17) is 11.6 Å². The molecule has 2 N–H and O–H groups in total. The van der Waals surface area contributed by atoms with Gasteiger partial charge in [-0.05, 0) is 41.8 Å². The minimum Gasteiger partial charge on any atom is -0.356 e. The molecule has 0 atom stereocenters. The van der Waals surface area contributed by atoms with E-state index in [0.717, 1.165) is 29.5 Å². The Bertz CT molecular complexity index is 609. The lowest BCUT2D eigenvalue weighted by Crippen LogP contribution is -2.37. The van der Waals surface area contributed by atoms with Gasteiger partial charge in [0.25, 0.3) is 0 Å². The van der Waals surface area contributed by atoms with Gasteiger partial charge in [-0.2, -0.15) is 0 Å². The van der Waals surface area contributed by atoms with Crippen molar-refractivity contribution in [2.24, 2.45) is 4.99 Å². The minimum absolute atomic E-state index is 0.228. The third-order valence-electron chi connectivity index (χ3n) is 3.22. The lowest BCUT2D eigenvalue weighted by Gasteiger charge is -2.12. The third-order valence-corrected chi connectivity index (χ3v) is 3.47. The summed E-state index contributed by atoms with van der Waals surface area (Å²) in [6.45, 7) is 1.37. The molecule has 3 nitrogen and oxygen atoms in total. The van der Waals surface area contributed by atoms with E-state index in [-0.39, 0.29) is 5.82 Å². The first-order chi connectivity index (χ1) is 10.7. The number of benzene rings is 2. The van der Waals surface area contributed by atoms with Crippen LogP contribution in [0.4, 0.5) is 4.39 Å². The van der Waals surface area contributed by atoms with Crippen LogP contribution < -0.4 is 10.6 Å². The van der Waals surface area contributed by atoms with Gasteiger partial charge in [-0.15, -0.1) is 0 Å². The Labute approximate surface area is 135 Å². The van der Waals surface area contributed by atoms with Gasteiger partial charge in [0.1, 0.15) is 5.82 Å². The molecule has 0 aliphatic rings. The summed E-state index contributed by atoms with van der Waals surface area (Å²) in [6, 6.07) is 14.2. The lowest BCUT2D eigenvalue weighted by atomic mass is 10.1. The molecule has 0 bridgehead atoms. The minimum atomic E-state index is -0.228. The molecule has 116 valence electrons. The van der Waals surface area contributed by atoms with Crippen molar-refractivity contribution in [3.05, 3.63) is 70.5 Å². The number of rotatable bonds is 5. The van der Waals surface area contributed by atoms with Crippen LogP contribution in [-0.2, 0) is 13.0 Å². The Morgan fingerprint density at radius 3 is 2.27 bits per heavy atom. The summed E-state index contributed by atoms with van der Waals surface area (Å²) in [5, 5.41) is 7.19. The quantitative estimate of drug-likeness (QED) is 0.654. The molecular weight excluding hydrogens is 301 g/mol. The van der Waals surface area contributed by atoms with Crippen molar-refractivity contribution in [3.63, 3.8) is 0 Å². The van der Waals surface area contributed by atoms with E-state index in [2.05, 4.69) is 15.6 Å². The molecule has 0 unspecified atom stereocenters. The summed E-state index contributed by atoms with van der Waals surface area (Å²) in [5.41, 5.74) is 2.22. The monoisotopic (exact) mass is 319 g/mol. The number of hydrogen-bond donors (Lipinski definition) is 2. The molecule has 0 fully saturated rings. The zero-order chi connectivity index (χ0) is 15.8. The van der Waals surface area contributed by atoms with Gasteiger partial charge in [-0.3, -0.25) is 4.99 Å². The van der Waals surface area contributed by atoms with Crippen LogP contribution in [0.5, 0.6) is 0 Å². The normalized spacial score (nSPS) is 11.3.